The van der Waals surface area contributed by atoms with Crippen molar-refractivity contribution in [1.82, 2.24) is 5.43 Å². The predicted molar refractivity (Wildman–Crippen MR) is 98.2 cm³/mol. The van der Waals surface area contributed by atoms with Gasteiger partial charge in [0, 0.05) is 17.6 Å². The fraction of sp³-hybridized carbons (Fsp3) is 0.167. The third-order valence-electron chi connectivity index (χ3n) is 3.13. The number of benzene rings is 2. The van der Waals surface area contributed by atoms with E-state index in [4.69, 9.17) is 16.3 Å². The number of carbonyl (C=O) groups is 2. The first-order valence-corrected chi connectivity index (χ1v) is 7.90. The lowest BCUT2D eigenvalue weighted by atomic mass is 10.2. The zero-order valence-corrected chi connectivity index (χ0v) is 14.6. The van der Waals surface area contributed by atoms with Crippen molar-refractivity contribution in [2.45, 2.75) is 13.8 Å². The molecule has 0 aliphatic rings. The molecule has 25 heavy (non-hydrogen) atoms. The maximum absolute atomic E-state index is 11.7. The Kier molecular flexibility index (Phi) is 6.54. The first kappa shape index (κ1) is 18.5. The van der Waals surface area contributed by atoms with Crippen LogP contribution in [0.4, 0.5) is 5.69 Å². The van der Waals surface area contributed by atoms with E-state index < -0.39 is 0 Å². The number of hydrazone groups is 1. The highest BCUT2D eigenvalue weighted by Crippen LogP contribution is 2.21. The molecule has 0 heterocycles. The summed E-state index contributed by atoms with van der Waals surface area (Å²) in [7, 11) is 0. The summed E-state index contributed by atoms with van der Waals surface area (Å²) < 4.78 is 5.42. The van der Waals surface area contributed by atoms with Gasteiger partial charge in [-0.25, -0.2) is 5.43 Å². The van der Waals surface area contributed by atoms with E-state index in [1.807, 2.05) is 6.92 Å². The Morgan fingerprint density at radius 3 is 2.56 bits per heavy atom. The molecule has 0 fully saturated rings. The molecule has 0 saturated heterocycles. The van der Waals surface area contributed by atoms with Crippen molar-refractivity contribution in [2.24, 2.45) is 5.10 Å². The topological polar surface area (TPSA) is 79.8 Å². The zero-order valence-electron chi connectivity index (χ0n) is 13.9. The number of amides is 2. The van der Waals surface area contributed by atoms with Crippen LogP contribution < -0.4 is 15.5 Å². The van der Waals surface area contributed by atoms with Gasteiger partial charge < -0.3 is 10.1 Å². The molecule has 0 bridgehead atoms. The molecule has 2 rings (SSSR count). The number of hydrogen-bond acceptors (Lipinski definition) is 4. The van der Waals surface area contributed by atoms with Gasteiger partial charge in [0.15, 0.2) is 6.61 Å². The molecule has 2 amide bonds. The van der Waals surface area contributed by atoms with Gasteiger partial charge in [-0.2, -0.15) is 5.10 Å². The lowest BCUT2D eigenvalue weighted by Gasteiger charge is -2.08. The number of hydrogen-bond donors (Lipinski definition) is 2. The summed E-state index contributed by atoms with van der Waals surface area (Å²) in [6.45, 7) is 3.14. The Bertz CT molecular complexity index is 789. The van der Waals surface area contributed by atoms with E-state index in [0.29, 0.717) is 16.5 Å². The van der Waals surface area contributed by atoms with E-state index in [2.05, 4.69) is 15.8 Å². The van der Waals surface area contributed by atoms with Crippen LogP contribution in [0.2, 0.25) is 5.02 Å². The molecule has 0 atom stereocenters. The Balaban J connectivity index is 1.80. The number of halogens is 1. The SMILES string of the molecule is CC(=O)Nc1ccc(/C=N\NC(=O)COc2ccc(Cl)cc2C)cc1. The minimum Gasteiger partial charge on any atom is -0.483 e. The van der Waals surface area contributed by atoms with Gasteiger partial charge in [0.05, 0.1) is 6.21 Å². The lowest BCUT2D eigenvalue weighted by molar-refractivity contribution is -0.123. The monoisotopic (exact) mass is 359 g/mol. The summed E-state index contributed by atoms with van der Waals surface area (Å²) in [5, 5.41) is 7.15. The summed E-state index contributed by atoms with van der Waals surface area (Å²) in [6.07, 6.45) is 1.50. The summed E-state index contributed by atoms with van der Waals surface area (Å²) in [5.74, 6) is 0.0853. The van der Waals surface area contributed by atoms with Crippen LogP contribution in [0, 0.1) is 6.92 Å². The minimum absolute atomic E-state index is 0.135. The van der Waals surface area contributed by atoms with Crippen LogP contribution in [0.25, 0.3) is 0 Å². The van der Waals surface area contributed by atoms with Crippen molar-refractivity contribution in [3.8, 4) is 5.75 Å². The second-order valence-corrected chi connectivity index (χ2v) is 5.73. The number of rotatable bonds is 6. The van der Waals surface area contributed by atoms with Gasteiger partial charge in [-0.05, 0) is 48.4 Å². The van der Waals surface area contributed by atoms with Gasteiger partial charge in [0.1, 0.15) is 5.75 Å². The molecule has 2 aromatic carbocycles. The van der Waals surface area contributed by atoms with Crippen molar-refractivity contribution < 1.29 is 14.3 Å². The van der Waals surface area contributed by atoms with E-state index in [1.54, 1.807) is 42.5 Å². The fourth-order valence-electron chi connectivity index (χ4n) is 1.98. The molecular weight excluding hydrogens is 342 g/mol. The van der Waals surface area contributed by atoms with Crippen LogP contribution in [0.15, 0.2) is 47.6 Å². The first-order chi connectivity index (χ1) is 11.9. The van der Waals surface area contributed by atoms with E-state index in [9.17, 15) is 9.59 Å². The van der Waals surface area contributed by atoms with Gasteiger partial charge in [0.25, 0.3) is 5.91 Å². The fourth-order valence-corrected chi connectivity index (χ4v) is 2.21. The molecule has 0 aliphatic heterocycles. The molecule has 0 spiro atoms. The molecular formula is C18H18ClN3O3. The first-order valence-electron chi connectivity index (χ1n) is 7.52. The zero-order chi connectivity index (χ0) is 18.2. The molecule has 2 aromatic rings. The van der Waals surface area contributed by atoms with Gasteiger partial charge >= 0.3 is 0 Å². The molecule has 0 aromatic heterocycles. The lowest BCUT2D eigenvalue weighted by Crippen LogP contribution is -2.24. The minimum atomic E-state index is -0.375. The molecule has 0 unspecified atom stereocenters. The highest BCUT2D eigenvalue weighted by molar-refractivity contribution is 6.30. The van der Waals surface area contributed by atoms with Crippen LogP contribution in [0.1, 0.15) is 18.1 Å². The molecule has 2 N–H and O–H groups in total. The molecule has 7 heteroatoms. The molecule has 130 valence electrons. The maximum Gasteiger partial charge on any atom is 0.277 e. The van der Waals surface area contributed by atoms with E-state index in [1.165, 1.54) is 13.1 Å². The van der Waals surface area contributed by atoms with Crippen molar-refractivity contribution in [1.29, 1.82) is 0 Å². The predicted octanol–water partition coefficient (Wildman–Crippen LogP) is 3.14. The molecule has 0 saturated carbocycles. The van der Waals surface area contributed by atoms with Crippen molar-refractivity contribution in [2.75, 3.05) is 11.9 Å². The number of carbonyl (C=O) groups excluding carboxylic acids is 2. The number of anilines is 1. The summed E-state index contributed by atoms with van der Waals surface area (Å²) in [5.41, 5.74) is 4.72. The second-order valence-electron chi connectivity index (χ2n) is 5.29. The number of nitrogens with zero attached hydrogens (tertiary/aromatic N) is 1. The largest absolute Gasteiger partial charge is 0.483 e. The number of ether oxygens (including phenoxy) is 1. The molecule has 6 nitrogen and oxygen atoms in total. The van der Waals surface area contributed by atoms with Crippen molar-refractivity contribution in [3.63, 3.8) is 0 Å². The smallest absolute Gasteiger partial charge is 0.277 e. The van der Waals surface area contributed by atoms with Crippen molar-refractivity contribution in [3.05, 3.63) is 58.6 Å². The Morgan fingerprint density at radius 2 is 1.92 bits per heavy atom. The van der Waals surface area contributed by atoms with Crippen LogP contribution in [-0.2, 0) is 9.59 Å². The van der Waals surface area contributed by atoms with Gasteiger partial charge in [-0.15, -0.1) is 0 Å². The Labute approximate surface area is 150 Å². The molecule has 0 radical (unpaired) electrons. The van der Waals surface area contributed by atoms with Crippen LogP contribution >= 0.6 is 11.6 Å². The standard InChI is InChI=1S/C18H18ClN3O3/c1-12-9-15(19)5-8-17(12)25-11-18(24)22-20-10-14-3-6-16(7-4-14)21-13(2)23/h3-10H,11H2,1-2H3,(H,21,23)(H,22,24)/b20-10-. The van der Waals surface area contributed by atoms with Gasteiger partial charge in [-0.1, -0.05) is 23.7 Å². The summed E-state index contributed by atoms with van der Waals surface area (Å²) in [4.78, 5) is 22.7. The quantitative estimate of drug-likeness (QED) is 0.614. The highest BCUT2D eigenvalue weighted by atomic mass is 35.5. The normalized spacial score (nSPS) is 10.5. The van der Waals surface area contributed by atoms with Crippen LogP contribution in [0.5, 0.6) is 5.75 Å². The van der Waals surface area contributed by atoms with E-state index in [0.717, 1.165) is 11.1 Å². The van der Waals surface area contributed by atoms with Crippen LogP contribution in [0.3, 0.4) is 0 Å². The highest BCUT2D eigenvalue weighted by Gasteiger charge is 2.04. The van der Waals surface area contributed by atoms with Crippen LogP contribution in [-0.4, -0.2) is 24.6 Å². The van der Waals surface area contributed by atoms with Gasteiger partial charge in [0.2, 0.25) is 5.91 Å². The maximum atomic E-state index is 11.7. The molecule has 0 aliphatic carbocycles. The summed E-state index contributed by atoms with van der Waals surface area (Å²) in [6, 6.07) is 12.2. The third kappa shape index (κ3) is 6.27. The Morgan fingerprint density at radius 1 is 1.20 bits per heavy atom. The number of nitrogens with one attached hydrogen (secondary N) is 2. The Hall–Kier alpha value is -2.86. The van der Waals surface area contributed by atoms with Crippen molar-refractivity contribution >= 4 is 35.3 Å². The number of aryl methyl sites for hydroxylation is 1. The average molecular weight is 360 g/mol. The second kappa shape index (κ2) is 8.84. The average Bonchev–Trinajstić information content (AvgIpc) is 2.55. The summed E-state index contributed by atoms with van der Waals surface area (Å²) >= 11 is 5.87. The van der Waals surface area contributed by atoms with E-state index >= 15 is 0 Å². The third-order valence-corrected chi connectivity index (χ3v) is 3.36. The van der Waals surface area contributed by atoms with E-state index in [-0.39, 0.29) is 18.4 Å². The van der Waals surface area contributed by atoms with Gasteiger partial charge in [-0.3, -0.25) is 9.59 Å².